The average Bonchev–Trinajstić information content (AvgIpc) is 3.54. The Kier molecular flexibility index (Phi) is 5.29. The summed E-state index contributed by atoms with van der Waals surface area (Å²) >= 11 is -1.78. The van der Waals surface area contributed by atoms with Crippen LogP contribution in [0.5, 0.6) is 17.2 Å². The molecular formula is C33H25AlN2O3. The molecule has 3 aliphatic heterocycles. The van der Waals surface area contributed by atoms with Gasteiger partial charge in [-0.2, -0.15) is 0 Å². The topological polar surface area (TPSA) is 34.2 Å². The van der Waals surface area contributed by atoms with Gasteiger partial charge in [0, 0.05) is 17.1 Å². The van der Waals surface area contributed by atoms with Gasteiger partial charge in [-0.15, -0.1) is 0 Å². The highest BCUT2D eigenvalue weighted by Gasteiger charge is 2.72. The van der Waals surface area contributed by atoms with Crippen molar-refractivity contribution in [2.24, 2.45) is 0 Å². The van der Waals surface area contributed by atoms with Gasteiger partial charge in [0.2, 0.25) is 6.23 Å². The molecule has 0 bridgehead atoms. The third kappa shape index (κ3) is 3.84. The van der Waals surface area contributed by atoms with Crippen LogP contribution in [0.25, 0.3) is 0 Å². The van der Waals surface area contributed by atoms with Crippen LogP contribution in [0, 0.1) is 0 Å². The first kappa shape index (κ1) is 22.6. The lowest BCUT2D eigenvalue weighted by Gasteiger charge is -2.26. The molecule has 0 spiro atoms. The van der Waals surface area contributed by atoms with E-state index < -0.39 is 14.5 Å². The van der Waals surface area contributed by atoms with Crippen molar-refractivity contribution in [1.82, 2.24) is 0 Å². The lowest BCUT2D eigenvalue weighted by atomic mass is 10.1. The quantitative estimate of drug-likeness (QED) is 0.225. The summed E-state index contributed by atoms with van der Waals surface area (Å²) < 4.78 is 19.7. The molecule has 5 aromatic rings. The minimum Gasteiger partial charge on any atom is -0.640 e. The second-order valence-electron chi connectivity index (χ2n) is 10.0. The van der Waals surface area contributed by atoms with E-state index in [9.17, 15) is 0 Å². The summed E-state index contributed by atoms with van der Waals surface area (Å²) in [6.07, 6.45) is -0.192. The van der Waals surface area contributed by atoms with E-state index >= 15 is 0 Å². The minimum atomic E-state index is -1.78. The molecule has 0 aromatic heterocycles. The first-order valence-corrected chi connectivity index (χ1v) is 15.1. The molecular weight excluding hydrogens is 499 g/mol. The molecule has 3 heterocycles. The third-order valence-corrected chi connectivity index (χ3v) is 10.2. The standard InChI is InChI=1S/C18H15NO.C15H11NO2.Al/c20-18-13-11-17(12-14-18)19(15-7-3-1-4-8-15)16-9-5-2-6-10-16;1-3-7-13-11(5-1)15-16(9-10-17-13)12-6-2-4-8-14(12)18-15;/h1-14,20H;1-10,15H;/q;;+1/p-1. The fourth-order valence-corrected chi connectivity index (χ4v) is 8.49. The third-order valence-electron chi connectivity index (χ3n) is 7.66. The SMILES string of the molecule is c1ccc(N(c2ccccc2)c2ccc([O][Al]3[CH]4Oc5ccccc5C5Oc6ccccc6N5[CH]43)cc2)cc1. The van der Waals surface area contributed by atoms with E-state index in [1.54, 1.807) is 0 Å². The van der Waals surface area contributed by atoms with E-state index in [1.807, 2.05) is 42.5 Å². The van der Waals surface area contributed by atoms with E-state index in [0.717, 1.165) is 45.6 Å². The monoisotopic (exact) mass is 524 g/mol. The van der Waals surface area contributed by atoms with Crippen molar-refractivity contribution >= 4 is 37.2 Å². The van der Waals surface area contributed by atoms with Crippen molar-refractivity contribution in [3.63, 3.8) is 0 Å². The average molecular weight is 525 g/mol. The zero-order valence-corrected chi connectivity index (χ0v) is 22.3. The van der Waals surface area contributed by atoms with Gasteiger partial charge in [-0.3, -0.25) is 0 Å². The predicted octanol–water partition coefficient (Wildman–Crippen LogP) is 7.35. The van der Waals surface area contributed by atoms with Gasteiger partial charge >= 0.3 is 14.5 Å². The summed E-state index contributed by atoms with van der Waals surface area (Å²) in [6, 6.07) is 45.8. The van der Waals surface area contributed by atoms with Crippen molar-refractivity contribution in [3.8, 4) is 17.2 Å². The van der Waals surface area contributed by atoms with Crippen LogP contribution >= 0.6 is 0 Å². The van der Waals surface area contributed by atoms with E-state index in [2.05, 4.69) is 101 Å². The molecule has 1 fully saturated rings. The molecule has 39 heavy (non-hydrogen) atoms. The summed E-state index contributed by atoms with van der Waals surface area (Å²) in [5.74, 6) is 2.69. The predicted molar refractivity (Wildman–Crippen MR) is 154 cm³/mol. The number of nitrogens with zero attached hydrogens (tertiary/aromatic N) is 2. The molecule has 188 valence electrons. The maximum atomic E-state index is 6.71. The Hall–Kier alpha value is -4.37. The number of hydrogen-bond donors (Lipinski definition) is 0. The molecule has 1 saturated heterocycles. The molecule has 3 unspecified atom stereocenters. The number of rotatable bonds is 5. The van der Waals surface area contributed by atoms with Gasteiger partial charge in [0.05, 0.1) is 21.9 Å². The lowest BCUT2D eigenvalue weighted by molar-refractivity contribution is 0.230. The minimum absolute atomic E-state index is 0.0516. The van der Waals surface area contributed by atoms with Crippen molar-refractivity contribution in [3.05, 3.63) is 139 Å². The zero-order chi connectivity index (χ0) is 25.8. The molecule has 0 aliphatic carbocycles. The largest absolute Gasteiger partial charge is 0.640 e. The van der Waals surface area contributed by atoms with Crippen LogP contribution in [0.3, 0.4) is 0 Å². The molecule has 8 rings (SSSR count). The van der Waals surface area contributed by atoms with Crippen LogP contribution in [0.15, 0.2) is 133 Å². The highest BCUT2D eigenvalue weighted by Crippen LogP contribution is 2.53. The summed E-state index contributed by atoms with van der Waals surface area (Å²) in [6.45, 7) is 0. The van der Waals surface area contributed by atoms with Crippen LogP contribution in [0.1, 0.15) is 11.8 Å². The molecule has 5 aromatic carbocycles. The molecule has 0 saturated carbocycles. The molecule has 0 radical (unpaired) electrons. The summed E-state index contributed by atoms with van der Waals surface area (Å²) in [4.78, 5) is 4.89. The lowest BCUT2D eigenvalue weighted by Crippen LogP contribution is -2.33. The highest BCUT2D eigenvalue weighted by molar-refractivity contribution is 6.69. The van der Waals surface area contributed by atoms with Crippen LogP contribution in [0.4, 0.5) is 22.7 Å². The fraction of sp³-hybridized carbons (Fsp3) is 0.0909. The summed E-state index contributed by atoms with van der Waals surface area (Å²) in [5, 5.41) is 0. The van der Waals surface area contributed by atoms with E-state index in [1.165, 1.54) is 0 Å². The molecule has 0 N–H and O–H groups in total. The van der Waals surface area contributed by atoms with E-state index in [-0.39, 0.29) is 16.1 Å². The first-order chi connectivity index (χ1) is 19.3. The van der Waals surface area contributed by atoms with Crippen molar-refractivity contribution in [1.29, 1.82) is 0 Å². The Morgan fingerprint density at radius 3 is 1.90 bits per heavy atom. The van der Waals surface area contributed by atoms with Gasteiger partial charge in [-0.1, -0.05) is 60.7 Å². The van der Waals surface area contributed by atoms with Crippen LogP contribution < -0.4 is 23.1 Å². The molecule has 3 atom stereocenters. The molecule has 6 heteroatoms. The Morgan fingerprint density at radius 2 is 1.18 bits per heavy atom. The van der Waals surface area contributed by atoms with Gasteiger partial charge in [-0.25, -0.2) is 0 Å². The Bertz CT molecular complexity index is 1590. The summed E-state index contributed by atoms with van der Waals surface area (Å²) in [7, 11) is 0. The van der Waals surface area contributed by atoms with Gasteiger partial charge in [0.15, 0.2) is 0 Å². The van der Waals surface area contributed by atoms with Gasteiger partial charge < -0.3 is 23.1 Å². The first-order valence-electron chi connectivity index (χ1n) is 13.3. The molecule has 5 nitrogen and oxygen atoms in total. The van der Waals surface area contributed by atoms with Gasteiger partial charge in [0.25, 0.3) is 0 Å². The summed E-state index contributed by atoms with van der Waals surface area (Å²) in [5.41, 5.74) is 5.50. The van der Waals surface area contributed by atoms with Crippen molar-refractivity contribution < 1.29 is 13.3 Å². The number of fused-ring (bicyclic) bond motifs is 7. The maximum absolute atomic E-state index is 6.71. The second-order valence-corrected chi connectivity index (χ2v) is 12.5. The number of benzene rings is 5. The molecule has 0 amide bonds. The van der Waals surface area contributed by atoms with Gasteiger partial charge in [0.1, 0.15) is 16.5 Å². The smallest absolute Gasteiger partial charge is 0.620 e. The highest BCUT2D eigenvalue weighted by atomic mass is 27.2. The zero-order valence-electron chi connectivity index (χ0n) is 21.1. The van der Waals surface area contributed by atoms with Gasteiger partial charge in [-0.05, 0) is 72.8 Å². The number of hydrogen-bond acceptors (Lipinski definition) is 5. The van der Waals surface area contributed by atoms with Crippen LogP contribution in [-0.2, 0) is 0 Å². The van der Waals surface area contributed by atoms with E-state index in [4.69, 9.17) is 13.3 Å². The maximum Gasteiger partial charge on any atom is 0.620 e. The fourth-order valence-electron chi connectivity index (χ4n) is 5.81. The second kappa shape index (κ2) is 9.13. The normalized spacial score (nSPS) is 19.8. The van der Waals surface area contributed by atoms with Crippen molar-refractivity contribution in [2.45, 2.75) is 16.1 Å². The van der Waals surface area contributed by atoms with E-state index in [0.29, 0.717) is 0 Å². The van der Waals surface area contributed by atoms with Crippen molar-refractivity contribution in [2.75, 3.05) is 9.80 Å². The number of anilines is 4. The Balaban J connectivity index is 1.09. The Labute approximate surface area is 232 Å². The Morgan fingerprint density at radius 1 is 0.590 bits per heavy atom. The number of ether oxygens (including phenoxy) is 2. The van der Waals surface area contributed by atoms with Crippen LogP contribution in [0.2, 0.25) is 0 Å². The molecule has 3 aliphatic rings. The van der Waals surface area contributed by atoms with Crippen LogP contribution in [-0.4, -0.2) is 24.4 Å². The number of para-hydroxylation sites is 5.